The molecule has 2 N–H and O–H groups in total. The van der Waals surface area contributed by atoms with Gasteiger partial charge >= 0.3 is 6.18 Å². The molecular formula is C22H15ClF3N3O3S. The molecule has 6 nitrogen and oxygen atoms in total. The maximum atomic E-state index is 12.8. The average Bonchev–Trinajstić information content (AvgIpc) is 3.21. The monoisotopic (exact) mass is 493 g/mol. The second kappa shape index (κ2) is 8.53. The zero-order chi connectivity index (χ0) is 23.8. The molecule has 0 aliphatic heterocycles. The Morgan fingerprint density at radius 3 is 2.42 bits per heavy atom. The molecule has 170 valence electrons. The van der Waals surface area contributed by atoms with E-state index in [9.17, 15) is 26.4 Å². The van der Waals surface area contributed by atoms with Crippen molar-refractivity contribution in [3.63, 3.8) is 0 Å². The van der Waals surface area contributed by atoms with Crippen LogP contribution in [0.1, 0.15) is 21.6 Å². The first-order chi connectivity index (χ1) is 15.6. The van der Waals surface area contributed by atoms with Crippen molar-refractivity contribution in [2.45, 2.75) is 22.5 Å². The standard InChI is InChI=1S/C22H15ClF3N3O3S/c23-17-10-15(22(24,25)26)3-6-20(17)33(31,32)16-4-1-13(2-5-16)11-28-21(30)19-9-14-12-27-8-7-18(14)29-19/h1-10,12,29H,11H2,(H,28,30). The van der Waals surface area contributed by atoms with E-state index < -0.39 is 31.5 Å². The van der Waals surface area contributed by atoms with Gasteiger partial charge < -0.3 is 10.3 Å². The summed E-state index contributed by atoms with van der Waals surface area (Å²) in [6, 6.07) is 11.1. The second-order valence-electron chi connectivity index (χ2n) is 7.12. The minimum absolute atomic E-state index is 0.133. The van der Waals surface area contributed by atoms with Crippen molar-refractivity contribution in [1.82, 2.24) is 15.3 Å². The summed E-state index contributed by atoms with van der Waals surface area (Å²) in [5.74, 6) is -0.348. The number of amides is 1. The molecule has 0 saturated heterocycles. The lowest BCUT2D eigenvalue weighted by Crippen LogP contribution is -2.23. The van der Waals surface area contributed by atoms with E-state index in [2.05, 4.69) is 15.3 Å². The van der Waals surface area contributed by atoms with E-state index >= 15 is 0 Å². The van der Waals surface area contributed by atoms with Crippen LogP contribution in [0.25, 0.3) is 10.9 Å². The van der Waals surface area contributed by atoms with Crippen LogP contribution in [0.15, 0.2) is 76.8 Å². The SMILES string of the molecule is O=C(NCc1ccc(S(=O)(=O)c2ccc(C(F)(F)F)cc2Cl)cc1)c1cc2cnccc2[nH]1. The van der Waals surface area contributed by atoms with Gasteiger partial charge in [-0.05, 0) is 48.0 Å². The number of carbonyl (C=O) groups is 1. The predicted octanol–water partition coefficient (Wildman–Crippen LogP) is 5.00. The Morgan fingerprint density at radius 2 is 1.79 bits per heavy atom. The number of nitrogens with zero attached hydrogens (tertiary/aromatic N) is 1. The van der Waals surface area contributed by atoms with Gasteiger partial charge in [0.2, 0.25) is 9.84 Å². The van der Waals surface area contributed by atoms with Gasteiger partial charge in [0.05, 0.1) is 20.4 Å². The van der Waals surface area contributed by atoms with Gasteiger partial charge in [-0.1, -0.05) is 23.7 Å². The fourth-order valence-corrected chi connectivity index (χ4v) is 4.98. The Hall–Kier alpha value is -3.37. The molecule has 4 aromatic rings. The Bertz CT molecular complexity index is 1420. The smallest absolute Gasteiger partial charge is 0.350 e. The number of carbonyl (C=O) groups excluding carboxylic acids is 1. The molecule has 11 heteroatoms. The molecule has 1 amide bonds. The Labute approximate surface area is 191 Å². The van der Waals surface area contributed by atoms with E-state index in [1.54, 1.807) is 24.5 Å². The van der Waals surface area contributed by atoms with Crippen LogP contribution in [0.3, 0.4) is 0 Å². The molecule has 0 spiro atoms. The second-order valence-corrected chi connectivity index (χ2v) is 9.44. The van der Waals surface area contributed by atoms with Gasteiger partial charge in [0.25, 0.3) is 5.91 Å². The van der Waals surface area contributed by atoms with Gasteiger partial charge in [0, 0.05) is 29.8 Å². The van der Waals surface area contributed by atoms with E-state index in [1.807, 2.05) is 0 Å². The summed E-state index contributed by atoms with van der Waals surface area (Å²) in [6.07, 6.45) is -1.40. The summed E-state index contributed by atoms with van der Waals surface area (Å²) in [6.45, 7) is 0.133. The normalized spacial score (nSPS) is 12.1. The highest BCUT2D eigenvalue weighted by Gasteiger charge is 2.32. The minimum Gasteiger partial charge on any atom is -0.350 e. The molecule has 33 heavy (non-hydrogen) atoms. The Morgan fingerprint density at radius 1 is 1.06 bits per heavy atom. The zero-order valence-electron chi connectivity index (χ0n) is 16.7. The topological polar surface area (TPSA) is 91.9 Å². The maximum Gasteiger partial charge on any atom is 0.416 e. The van der Waals surface area contributed by atoms with E-state index in [0.717, 1.165) is 17.0 Å². The summed E-state index contributed by atoms with van der Waals surface area (Å²) in [4.78, 5) is 18.8. The van der Waals surface area contributed by atoms with Gasteiger partial charge in [-0.25, -0.2) is 8.42 Å². The van der Waals surface area contributed by atoms with Crippen molar-refractivity contribution in [3.8, 4) is 0 Å². The van der Waals surface area contributed by atoms with Gasteiger partial charge in [-0.2, -0.15) is 13.2 Å². The number of aromatic nitrogens is 2. The number of rotatable bonds is 5. The van der Waals surface area contributed by atoms with Crippen molar-refractivity contribution in [1.29, 1.82) is 0 Å². The number of pyridine rings is 1. The lowest BCUT2D eigenvalue weighted by Gasteiger charge is -2.11. The zero-order valence-corrected chi connectivity index (χ0v) is 18.2. The first-order valence-corrected chi connectivity index (χ1v) is 11.3. The molecule has 2 aromatic heterocycles. The third-order valence-corrected chi connectivity index (χ3v) is 7.15. The van der Waals surface area contributed by atoms with Crippen molar-refractivity contribution in [2.24, 2.45) is 0 Å². The molecule has 0 fully saturated rings. The minimum atomic E-state index is -4.64. The molecule has 0 aliphatic carbocycles. The van der Waals surface area contributed by atoms with E-state index in [0.29, 0.717) is 23.4 Å². The summed E-state index contributed by atoms with van der Waals surface area (Å²) >= 11 is 5.84. The highest BCUT2D eigenvalue weighted by Crippen LogP contribution is 2.35. The number of alkyl halides is 3. The Kier molecular flexibility index (Phi) is 5.89. The molecule has 0 aliphatic rings. The largest absolute Gasteiger partial charge is 0.416 e. The van der Waals surface area contributed by atoms with Crippen LogP contribution in [0, 0.1) is 0 Å². The molecule has 0 bridgehead atoms. The molecule has 0 atom stereocenters. The van der Waals surface area contributed by atoms with Gasteiger partial charge in [-0.3, -0.25) is 9.78 Å². The van der Waals surface area contributed by atoms with Crippen molar-refractivity contribution in [2.75, 3.05) is 0 Å². The number of sulfone groups is 1. The van der Waals surface area contributed by atoms with Gasteiger partial charge in [0.15, 0.2) is 0 Å². The van der Waals surface area contributed by atoms with Gasteiger partial charge in [-0.15, -0.1) is 0 Å². The average molecular weight is 494 g/mol. The van der Waals surface area contributed by atoms with Crippen LogP contribution in [-0.4, -0.2) is 24.3 Å². The number of aromatic amines is 1. The Balaban J connectivity index is 1.48. The highest BCUT2D eigenvalue weighted by atomic mass is 35.5. The number of nitrogens with one attached hydrogen (secondary N) is 2. The van der Waals surface area contributed by atoms with Crippen LogP contribution < -0.4 is 5.32 Å². The van der Waals surface area contributed by atoms with E-state index in [-0.39, 0.29) is 17.3 Å². The molecule has 2 heterocycles. The molecule has 0 unspecified atom stereocenters. The first-order valence-electron chi connectivity index (χ1n) is 9.47. The third-order valence-electron chi connectivity index (χ3n) is 4.90. The molecule has 0 radical (unpaired) electrons. The fraction of sp³-hybridized carbons (Fsp3) is 0.0909. The van der Waals surface area contributed by atoms with Gasteiger partial charge in [0.1, 0.15) is 5.69 Å². The predicted molar refractivity (Wildman–Crippen MR) is 116 cm³/mol. The van der Waals surface area contributed by atoms with Crippen LogP contribution in [0.2, 0.25) is 5.02 Å². The first kappa shape index (κ1) is 22.8. The third kappa shape index (κ3) is 4.71. The highest BCUT2D eigenvalue weighted by molar-refractivity contribution is 7.91. The van der Waals surface area contributed by atoms with E-state index in [4.69, 9.17) is 11.6 Å². The van der Waals surface area contributed by atoms with Crippen LogP contribution in [0.5, 0.6) is 0 Å². The molecule has 0 saturated carbocycles. The van der Waals surface area contributed by atoms with Crippen molar-refractivity contribution < 1.29 is 26.4 Å². The van der Waals surface area contributed by atoms with Crippen LogP contribution in [-0.2, 0) is 22.6 Å². The van der Waals surface area contributed by atoms with Crippen LogP contribution >= 0.6 is 11.6 Å². The lowest BCUT2D eigenvalue weighted by atomic mass is 10.2. The fourth-order valence-electron chi connectivity index (χ4n) is 3.18. The summed E-state index contributed by atoms with van der Waals surface area (Å²) in [5, 5.41) is 3.00. The van der Waals surface area contributed by atoms with Crippen molar-refractivity contribution >= 4 is 38.2 Å². The molecule has 2 aromatic carbocycles. The van der Waals surface area contributed by atoms with Crippen molar-refractivity contribution in [3.05, 3.63) is 88.8 Å². The maximum absolute atomic E-state index is 12.8. The number of benzene rings is 2. The number of hydrogen-bond acceptors (Lipinski definition) is 4. The van der Waals surface area contributed by atoms with Crippen LogP contribution in [0.4, 0.5) is 13.2 Å². The molecule has 4 rings (SSSR count). The number of halogens is 4. The lowest BCUT2D eigenvalue weighted by molar-refractivity contribution is -0.137. The summed E-state index contributed by atoms with van der Waals surface area (Å²) in [5.41, 5.74) is 0.711. The number of fused-ring (bicyclic) bond motifs is 1. The summed E-state index contributed by atoms with van der Waals surface area (Å²) < 4.78 is 64.1. The molecular weight excluding hydrogens is 479 g/mol. The quantitative estimate of drug-likeness (QED) is 0.409. The number of H-pyrrole nitrogens is 1. The van der Waals surface area contributed by atoms with E-state index in [1.165, 1.54) is 24.3 Å². The number of hydrogen-bond donors (Lipinski definition) is 2. The summed E-state index contributed by atoms with van der Waals surface area (Å²) in [7, 11) is -4.14.